The maximum atomic E-state index is 14.7. The maximum Gasteiger partial charge on any atom is 0.268 e. The second kappa shape index (κ2) is 9.06. The molecule has 0 saturated carbocycles. The first-order valence-corrected chi connectivity index (χ1v) is 10.7. The predicted molar refractivity (Wildman–Crippen MR) is 127 cm³/mol. The Morgan fingerprint density at radius 2 is 1.69 bits per heavy atom. The van der Waals surface area contributed by atoms with Crippen LogP contribution in [0.4, 0.5) is 18.9 Å². The van der Waals surface area contributed by atoms with Crippen LogP contribution in [0, 0.1) is 24.4 Å². The Hall–Kier alpha value is -4.86. The number of hydrogen-bond acceptors (Lipinski definition) is 4. The number of nitrogens with one attached hydrogen (secondary N) is 2. The Morgan fingerprint density at radius 3 is 2.44 bits per heavy atom. The number of hydrogen-bond donors (Lipinski definition) is 2. The van der Waals surface area contributed by atoms with E-state index in [-0.39, 0.29) is 22.7 Å². The third kappa shape index (κ3) is 4.31. The normalized spacial score (nSPS) is 11.0. The van der Waals surface area contributed by atoms with Crippen LogP contribution in [0.25, 0.3) is 16.6 Å². The van der Waals surface area contributed by atoms with Crippen molar-refractivity contribution >= 4 is 22.5 Å². The van der Waals surface area contributed by atoms with Crippen molar-refractivity contribution in [2.24, 2.45) is 0 Å². The Kier molecular flexibility index (Phi) is 5.77. The van der Waals surface area contributed by atoms with Crippen molar-refractivity contribution in [1.29, 1.82) is 0 Å². The molecule has 36 heavy (non-hydrogen) atoms. The minimum Gasteiger partial charge on any atom is -0.451 e. The largest absolute Gasteiger partial charge is 0.451 e. The van der Waals surface area contributed by atoms with Crippen LogP contribution in [0.15, 0.2) is 77.7 Å². The number of amides is 1. The van der Waals surface area contributed by atoms with Gasteiger partial charge in [0.2, 0.25) is 0 Å². The monoisotopic (exact) mass is 490 g/mol. The number of pyridine rings is 1. The van der Waals surface area contributed by atoms with Crippen molar-refractivity contribution in [2.75, 3.05) is 5.32 Å². The fourth-order valence-corrected chi connectivity index (χ4v) is 3.71. The zero-order valence-corrected chi connectivity index (χ0v) is 18.7. The van der Waals surface area contributed by atoms with Gasteiger partial charge in [0.1, 0.15) is 11.4 Å². The second-order valence-electron chi connectivity index (χ2n) is 7.95. The van der Waals surface area contributed by atoms with Gasteiger partial charge in [0.15, 0.2) is 23.1 Å². The molecule has 0 saturated heterocycles. The Balaban J connectivity index is 1.38. The highest BCUT2D eigenvalue weighted by Gasteiger charge is 2.17. The molecule has 3 aromatic carbocycles. The van der Waals surface area contributed by atoms with Gasteiger partial charge in [-0.2, -0.15) is 5.10 Å². The molecule has 2 N–H and O–H groups in total. The molecule has 0 radical (unpaired) electrons. The van der Waals surface area contributed by atoms with Crippen LogP contribution in [-0.4, -0.2) is 20.7 Å². The summed E-state index contributed by atoms with van der Waals surface area (Å²) in [6.07, 6.45) is 1.48. The number of halogens is 3. The number of anilines is 1. The van der Waals surface area contributed by atoms with E-state index in [4.69, 9.17) is 4.74 Å². The molecule has 0 aliphatic heterocycles. The highest BCUT2D eigenvalue weighted by Crippen LogP contribution is 2.31. The van der Waals surface area contributed by atoms with Crippen molar-refractivity contribution in [2.45, 2.75) is 6.92 Å². The zero-order valence-electron chi connectivity index (χ0n) is 18.7. The zero-order chi connectivity index (χ0) is 25.4. The van der Waals surface area contributed by atoms with Gasteiger partial charge in [0.05, 0.1) is 11.7 Å². The van der Waals surface area contributed by atoms with Gasteiger partial charge in [0, 0.05) is 34.6 Å². The molecule has 0 aliphatic rings. The van der Waals surface area contributed by atoms with Crippen molar-refractivity contribution in [3.63, 3.8) is 0 Å². The Bertz CT molecular complexity index is 1680. The van der Waals surface area contributed by atoms with Crippen molar-refractivity contribution in [3.8, 4) is 17.2 Å². The minimum absolute atomic E-state index is 0.0592. The number of ether oxygens (including phenoxy) is 1. The fraction of sp³-hybridized carbons (Fsp3) is 0.0385. The summed E-state index contributed by atoms with van der Waals surface area (Å²) >= 11 is 0. The summed E-state index contributed by atoms with van der Waals surface area (Å²) in [4.78, 5) is 25.8. The topological polar surface area (TPSA) is 89.0 Å². The Morgan fingerprint density at radius 1 is 0.944 bits per heavy atom. The van der Waals surface area contributed by atoms with Gasteiger partial charge in [-0.1, -0.05) is 0 Å². The summed E-state index contributed by atoms with van der Waals surface area (Å²) in [5.41, 5.74) is 0.640. The van der Waals surface area contributed by atoms with Crippen LogP contribution < -0.4 is 15.6 Å². The van der Waals surface area contributed by atoms with E-state index in [9.17, 15) is 22.8 Å². The SMILES string of the molecule is Cc1ccc(C(=O)Nc2ccc(Oc3cc4cn[nH]c4cc3F)c(F)c2)c(=O)n1-c1ccc(F)cc1. The third-order valence-corrected chi connectivity index (χ3v) is 5.51. The lowest BCUT2D eigenvalue weighted by molar-refractivity contribution is 0.102. The summed E-state index contributed by atoms with van der Waals surface area (Å²) in [6.45, 7) is 1.67. The van der Waals surface area contributed by atoms with Gasteiger partial charge >= 0.3 is 0 Å². The smallest absolute Gasteiger partial charge is 0.268 e. The van der Waals surface area contributed by atoms with Gasteiger partial charge < -0.3 is 10.1 Å². The number of carbonyl (C=O) groups excluding carboxylic acids is 1. The van der Waals surface area contributed by atoms with E-state index in [1.807, 2.05) is 0 Å². The lowest BCUT2D eigenvalue weighted by Gasteiger charge is -2.13. The molecule has 180 valence electrons. The molecular formula is C26H17F3N4O3. The first kappa shape index (κ1) is 22.9. The van der Waals surface area contributed by atoms with Crippen LogP contribution in [0.2, 0.25) is 0 Å². The molecule has 0 bridgehead atoms. The van der Waals surface area contributed by atoms with Crippen LogP contribution in [0.5, 0.6) is 11.5 Å². The molecule has 1 amide bonds. The second-order valence-corrected chi connectivity index (χ2v) is 7.95. The molecule has 0 aliphatic carbocycles. The summed E-state index contributed by atoms with van der Waals surface area (Å²) in [5.74, 6) is -3.24. The number of aromatic nitrogens is 3. The molecule has 0 fully saturated rings. The third-order valence-electron chi connectivity index (χ3n) is 5.51. The first-order valence-electron chi connectivity index (χ1n) is 10.7. The number of H-pyrrole nitrogens is 1. The highest BCUT2D eigenvalue weighted by molar-refractivity contribution is 6.04. The lowest BCUT2D eigenvalue weighted by Crippen LogP contribution is -2.29. The Labute approximate surface area is 201 Å². The first-order chi connectivity index (χ1) is 17.3. The highest BCUT2D eigenvalue weighted by atomic mass is 19.1. The average molecular weight is 490 g/mol. The number of aromatic amines is 1. The number of rotatable bonds is 5. The number of carbonyl (C=O) groups is 1. The van der Waals surface area contributed by atoms with Gasteiger partial charge in [-0.15, -0.1) is 0 Å². The van der Waals surface area contributed by atoms with E-state index in [1.165, 1.54) is 65.4 Å². The molecule has 7 nitrogen and oxygen atoms in total. The quantitative estimate of drug-likeness (QED) is 0.341. The van der Waals surface area contributed by atoms with Crippen LogP contribution in [0.3, 0.4) is 0 Å². The average Bonchev–Trinajstić information content (AvgIpc) is 3.29. The van der Waals surface area contributed by atoms with Gasteiger partial charge in [-0.05, 0) is 61.5 Å². The summed E-state index contributed by atoms with van der Waals surface area (Å²) in [7, 11) is 0. The van der Waals surface area contributed by atoms with E-state index in [2.05, 4.69) is 15.5 Å². The van der Waals surface area contributed by atoms with E-state index in [0.717, 1.165) is 6.07 Å². The van der Waals surface area contributed by atoms with Crippen molar-refractivity contribution < 1.29 is 22.7 Å². The van der Waals surface area contributed by atoms with Crippen LogP contribution >= 0.6 is 0 Å². The summed E-state index contributed by atoms with van der Waals surface area (Å²) in [5, 5.41) is 9.49. The number of aryl methyl sites for hydroxylation is 1. The molecule has 2 aromatic heterocycles. The number of nitrogens with zero attached hydrogens (tertiary/aromatic N) is 2. The molecular weight excluding hydrogens is 473 g/mol. The summed E-state index contributed by atoms with van der Waals surface area (Å²) < 4.78 is 49.0. The molecule has 0 unspecified atom stereocenters. The van der Waals surface area contributed by atoms with Gasteiger partial charge in [0.25, 0.3) is 11.5 Å². The van der Waals surface area contributed by atoms with E-state index in [0.29, 0.717) is 22.3 Å². The number of benzene rings is 3. The van der Waals surface area contributed by atoms with Crippen molar-refractivity contribution in [3.05, 3.63) is 112 Å². The standard InChI is InChI=1S/C26H17F3N4O3/c1-14-2-8-19(26(35)33(14)18-6-3-16(27)4-7-18)25(34)31-17-5-9-23(20(28)11-17)36-24-10-15-13-30-32-22(15)12-21(24)29/h2-13H,1H3,(H,30,32)(H,31,34). The molecule has 2 heterocycles. The van der Waals surface area contributed by atoms with Gasteiger partial charge in [-0.3, -0.25) is 19.3 Å². The molecule has 0 atom stereocenters. The molecule has 5 aromatic rings. The number of fused-ring (bicyclic) bond motifs is 1. The van der Waals surface area contributed by atoms with Gasteiger partial charge in [-0.25, -0.2) is 13.2 Å². The van der Waals surface area contributed by atoms with Crippen LogP contribution in [0.1, 0.15) is 16.1 Å². The van der Waals surface area contributed by atoms with E-state index < -0.39 is 28.9 Å². The van der Waals surface area contributed by atoms with Crippen molar-refractivity contribution in [1.82, 2.24) is 14.8 Å². The van der Waals surface area contributed by atoms with E-state index in [1.54, 1.807) is 13.0 Å². The van der Waals surface area contributed by atoms with Crippen LogP contribution in [-0.2, 0) is 0 Å². The fourth-order valence-electron chi connectivity index (χ4n) is 3.71. The predicted octanol–water partition coefficient (Wildman–Crippen LogP) is 5.48. The maximum absolute atomic E-state index is 14.7. The molecule has 5 rings (SSSR count). The minimum atomic E-state index is -0.855. The summed E-state index contributed by atoms with van der Waals surface area (Å²) in [6, 6.07) is 14.3. The van der Waals surface area contributed by atoms with E-state index >= 15 is 0 Å². The molecule has 0 spiro atoms. The molecule has 10 heteroatoms. The lowest BCUT2D eigenvalue weighted by atomic mass is 10.2.